The van der Waals surface area contributed by atoms with Crippen LogP contribution in [0.4, 0.5) is 4.79 Å². The Kier molecular flexibility index (Phi) is 9.63. The highest BCUT2D eigenvalue weighted by atomic mass is 35.5. The Balaban J connectivity index is 0.00000312. The molecule has 1 aliphatic heterocycles. The predicted molar refractivity (Wildman–Crippen MR) is 100 cm³/mol. The van der Waals surface area contributed by atoms with E-state index in [1.807, 2.05) is 24.3 Å². The van der Waals surface area contributed by atoms with Crippen LogP contribution in [0.5, 0.6) is 0 Å². The van der Waals surface area contributed by atoms with Crippen molar-refractivity contribution in [2.75, 3.05) is 33.3 Å². The van der Waals surface area contributed by atoms with Gasteiger partial charge in [0.25, 0.3) is 0 Å². The molecule has 0 radical (unpaired) electrons. The Labute approximate surface area is 159 Å². The molecule has 8 heteroatoms. The molecule has 2 N–H and O–H groups in total. The minimum absolute atomic E-state index is 0. The van der Waals surface area contributed by atoms with E-state index in [2.05, 4.69) is 15.5 Å². The van der Waals surface area contributed by atoms with Crippen LogP contribution in [-0.2, 0) is 16.1 Å². The third-order valence-corrected chi connectivity index (χ3v) is 4.40. The minimum Gasteiger partial charge on any atom is -0.449 e. The summed E-state index contributed by atoms with van der Waals surface area (Å²) in [5.74, 6) is 0.125. The lowest BCUT2D eigenvalue weighted by molar-refractivity contribution is -0.119. The standard InChI is InChI=1S/C17H24ClN3O3.ClH/c1-19-16(22)10-20-17(23)24-12-14-6-8-21(9-7-14)11-13-2-4-15(18)5-3-13;/h2-5,14H,6-12H2,1H3,(H,19,22)(H,20,23);1H. The largest absolute Gasteiger partial charge is 0.449 e. The molecule has 1 heterocycles. The van der Waals surface area contributed by atoms with Gasteiger partial charge in [-0.15, -0.1) is 12.4 Å². The zero-order chi connectivity index (χ0) is 17.4. The number of piperidine rings is 1. The van der Waals surface area contributed by atoms with E-state index in [1.54, 1.807) is 0 Å². The third kappa shape index (κ3) is 7.94. The molecule has 25 heavy (non-hydrogen) atoms. The highest BCUT2D eigenvalue weighted by molar-refractivity contribution is 6.30. The maximum absolute atomic E-state index is 11.5. The number of alkyl carbamates (subject to hydrolysis) is 1. The Bertz CT molecular complexity index is 547. The zero-order valence-electron chi connectivity index (χ0n) is 14.3. The van der Waals surface area contributed by atoms with Gasteiger partial charge in [-0.2, -0.15) is 0 Å². The average Bonchev–Trinajstić information content (AvgIpc) is 2.61. The monoisotopic (exact) mass is 389 g/mol. The van der Waals surface area contributed by atoms with E-state index in [4.69, 9.17) is 16.3 Å². The van der Waals surface area contributed by atoms with Crippen LogP contribution in [0.3, 0.4) is 0 Å². The molecule has 1 aromatic carbocycles. The number of likely N-dealkylation sites (N-methyl/N-ethyl adjacent to an activating group) is 1. The van der Waals surface area contributed by atoms with Crippen molar-refractivity contribution in [1.82, 2.24) is 15.5 Å². The first kappa shape index (κ1) is 21.5. The number of halogens is 2. The van der Waals surface area contributed by atoms with E-state index in [0.717, 1.165) is 37.5 Å². The number of benzene rings is 1. The van der Waals surface area contributed by atoms with Crippen molar-refractivity contribution in [3.8, 4) is 0 Å². The Hall–Kier alpha value is -1.50. The summed E-state index contributed by atoms with van der Waals surface area (Å²) >= 11 is 5.90. The van der Waals surface area contributed by atoms with Gasteiger partial charge < -0.3 is 15.4 Å². The first-order chi connectivity index (χ1) is 11.6. The summed E-state index contributed by atoms with van der Waals surface area (Å²) in [4.78, 5) is 24.9. The Morgan fingerprint density at radius 1 is 1.24 bits per heavy atom. The SMILES string of the molecule is CNC(=O)CNC(=O)OCC1CCN(Cc2ccc(Cl)cc2)CC1.Cl. The van der Waals surface area contributed by atoms with Crippen molar-refractivity contribution in [2.24, 2.45) is 5.92 Å². The second kappa shape index (κ2) is 11.2. The molecule has 1 saturated heterocycles. The normalized spacial score (nSPS) is 15.1. The topological polar surface area (TPSA) is 70.7 Å². The van der Waals surface area contributed by atoms with E-state index in [0.29, 0.717) is 12.5 Å². The molecule has 2 rings (SSSR count). The molecule has 0 saturated carbocycles. The summed E-state index contributed by atoms with van der Waals surface area (Å²) in [6.45, 7) is 3.22. The van der Waals surface area contributed by atoms with E-state index in [1.165, 1.54) is 12.6 Å². The number of hydrogen-bond donors (Lipinski definition) is 2. The van der Waals surface area contributed by atoms with Gasteiger partial charge in [-0.3, -0.25) is 9.69 Å². The predicted octanol–water partition coefficient (Wildman–Crippen LogP) is 2.45. The molecule has 0 bridgehead atoms. The van der Waals surface area contributed by atoms with Crippen LogP contribution >= 0.6 is 24.0 Å². The van der Waals surface area contributed by atoms with E-state index in [-0.39, 0.29) is 24.9 Å². The molecule has 6 nitrogen and oxygen atoms in total. The fraction of sp³-hybridized carbons (Fsp3) is 0.529. The summed E-state index contributed by atoms with van der Waals surface area (Å²) in [6, 6.07) is 7.92. The van der Waals surface area contributed by atoms with Gasteiger partial charge in [-0.25, -0.2) is 4.79 Å². The second-order valence-electron chi connectivity index (χ2n) is 5.97. The van der Waals surface area contributed by atoms with Crippen LogP contribution < -0.4 is 10.6 Å². The number of nitrogens with zero attached hydrogens (tertiary/aromatic N) is 1. The molecular formula is C17H25Cl2N3O3. The molecule has 0 aromatic heterocycles. The number of amides is 2. The molecule has 140 valence electrons. The lowest BCUT2D eigenvalue weighted by atomic mass is 9.97. The highest BCUT2D eigenvalue weighted by Gasteiger charge is 2.20. The van der Waals surface area contributed by atoms with Gasteiger partial charge in [-0.1, -0.05) is 23.7 Å². The lowest BCUT2D eigenvalue weighted by Gasteiger charge is -2.31. The van der Waals surface area contributed by atoms with Crippen LogP contribution in [0.25, 0.3) is 0 Å². The van der Waals surface area contributed by atoms with Crippen LogP contribution in [0, 0.1) is 5.92 Å². The van der Waals surface area contributed by atoms with Crippen molar-refractivity contribution in [3.63, 3.8) is 0 Å². The van der Waals surface area contributed by atoms with Gasteiger partial charge in [-0.05, 0) is 49.5 Å². The van der Waals surface area contributed by atoms with Crippen molar-refractivity contribution in [1.29, 1.82) is 0 Å². The van der Waals surface area contributed by atoms with Gasteiger partial charge in [0.2, 0.25) is 5.91 Å². The fourth-order valence-corrected chi connectivity index (χ4v) is 2.77. The molecule has 0 spiro atoms. The van der Waals surface area contributed by atoms with Gasteiger partial charge in [0.1, 0.15) is 0 Å². The molecule has 1 aliphatic rings. The fourth-order valence-electron chi connectivity index (χ4n) is 2.64. The number of likely N-dealkylation sites (tertiary alicyclic amines) is 1. The third-order valence-electron chi connectivity index (χ3n) is 4.15. The van der Waals surface area contributed by atoms with Crippen LogP contribution in [0.2, 0.25) is 5.02 Å². The molecule has 2 amide bonds. The van der Waals surface area contributed by atoms with Crippen LogP contribution in [0.1, 0.15) is 18.4 Å². The average molecular weight is 390 g/mol. The maximum Gasteiger partial charge on any atom is 0.407 e. The molecule has 0 atom stereocenters. The molecular weight excluding hydrogens is 365 g/mol. The second-order valence-corrected chi connectivity index (χ2v) is 6.41. The number of nitrogens with one attached hydrogen (secondary N) is 2. The molecule has 0 unspecified atom stereocenters. The Morgan fingerprint density at radius 2 is 1.88 bits per heavy atom. The highest BCUT2D eigenvalue weighted by Crippen LogP contribution is 2.20. The van der Waals surface area contributed by atoms with Gasteiger partial charge >= 0.3 is 6.09 Å². The summed E-state index contributed by atoms with van der Waals surface area (Å²) in [6.07, 6.45) is 1.45. The summed E-state index contributed by atoms with van der Waals surface area (Å²) < 4.78 is 5.18. The van der Waals surface area contributed by atoms with E-state index in [9.17, 15) is 9.59 Å². The van der Waals surface area contributed by atoms with Gasteiger partial charge in [0.05, 0.1) is 13.2 Å². The van der Waals surface area contributed by atoms with Crippen LogP contribution in [0.15, 0.2) is 24.3 Å². The van der Waals surface area contributed by atoms with Crippen molar-refractivity contribution in [3.05, 3.63) is 34.9 Å². The lowest BCUT2D eigenvalue weighted by Crippen LogP contribution is -2.38. The quantitative estimate of drug-likeness (QED) is 0.783. The first-order valence-electron chi connectivity index (χ1n) is 8.15. The van der Waals surface area contributed by atoms with Crippen LogP contribution in [-0.4, -0.2) is 50.2 Å². The molecule has 1 aromatic rings. The van der Waals surface area contributed by atoms with Crippen molar-refractivity contribution in [2.45, 2.75) is 19.4 Å². The molecule has 0 aliphatic carbocycles. The molecule has 1 fully saturated rings. The first-order valence-corrected chi connectivity index (χ1v) is 8.52. The van der Waals surface area contributed by atoms with E-state index < -0.39 is 6.09 Å². The summed E-state index contributed by atoms with van der Waals surface area (Å²) in [5.41, 5.74) is 1.25. The van der Waals surface area contributed by atoms with Gasteiger partial charge in [0.15, 0.2) is 0 Å². The number of carbonyl (C=O) groups is 2. The van der Waals surface area contributed by atoms with E-state index >= 15 is 0 Å². The van der Waals surface area contributed by atoms with Crippen molar-refractivity contribution >= 4 is 36.0 Å². The number of rotatable bonds is 6. The van der Waals surface area contributed by atoms with Gasteiger partial charge in [0, 0.05) is 18.6 Å². The zero-order valence-corrected chi connectivity index (χ0v) is 15.9. The summed E-state index contributed by atoms with van der Waals surface area (Å²) in [5, 5.41) is 5.61. The number of hydrogen-bond acceptors (Lipinski definition) is 4. The number of carbonyl (C=O) groups excluding carboxylic acids is 2. The van der Waals surface area contributed by atoms with Crippen molar-refractivity contribution < 1.29 is 14.3 Å². The minimum atomic E-state index is -0.540. The number of ether oxygens (including phenoxy) is 1. The summed E-state index contributed by atoms with van der Waals surface area (Å²) in [7, 11) is 1.52. The maximum atomic E-state index is 11.5. The Morgan fingerprint density at radius 3 is 2.48 bits per heavy atom. The smallest absolute Gasteiger partial charge is 0.407 e.